The van der Waals surface area contributed by atoms with Gasteiger partial charge in [0.2, 0.25) is 47.0 Å². The lowest BCUT2D eigenvalue weighted by Gasteiger charge is -2.55. The number of fused-ring (bicyclic) bond motifs is 10. The molecule has 8 aliphatic heterocycles. The molecule has 0 unspecified atom stereocenters. The minimum Gasteiger partial charge on any atom is -0.428 e. The van der Waals surface area contributed by atoms with Crippen LogP contribution in [0.4, 0.5) is 51.0 Å². The van der Waals surface area contributed by atoms with Crippen LogP contribution in [0.3, 0.4) is 0 Å². The second kappa shape index (κ2) is 16.0. The molecule has 0 bridgehead atoms. The summed E-state index contributed by atoms with van der Waals surface area (Å²) in [6.07, 6.45) is -6.31. The molecule has 0 aliphatic carbocycles. The Bertz CT molecular complexity index is 3000. The summed E-state index contributed by atoms with van der Waals surface area (Å²) in [6.45, 7) is 6.99. The van der Waals surface area contributed by atoms with Crippen LogP contribution in [0.5, 0.6) is 0 Å². The molecule has 26 nitrogen and oxygen atoms in total. The average Bonchev–Trinajstić information content (AvgIpc) is 4.11. The van der Waals surface area contributed by atoms with Gasteiger partial charge in [0.05, 0.1) is 71.7 Å². The predicted molar refractivity (Wildman–Crippen MR) is 232 cm³/mol. The van der Waals surface area contributed by atoms with Crippen LogP contribution in [-0.2, 0) is 51.0 Å². The van der Waals surface area contributed by atoms with Crippen molar-refractivity contribution in [3.63, 3.8) is 0 Å². The van der Waals surface area contributed by atoms with Crippen molar-refractivity contribution >= 4 is 92.8 Å². The van der Waals surface area contributed by atoms with Crippen molar-refractivity contribution < 1.29 is 75.1 Å². The fraction of sp³-hybridized carbons (Fsp3) is 0.455. The van der Waals surface area contributed by atoms with Gasteiger partial charge in [-0.2, -0.15) is 10.5 Å². The Hall–Kier alpha value is -8.50. The van der Waals surface area contributed by atoms with E-state index < -0.39 is 107 Å². The Morgan fingerprint density at radius 2 is 0.958 bits per heavy atom. The number of nitrogens with one attached hydrogen (secondary N) is 4. The standard InChI is InChI=1S/2C22H19FN6O7/c2*1-8-6-28-14-10(4-22(16(28)9(2)34-8)18(30)25-20(32)26-19(22)31)3-12-15(13(14)23)36-27-17(12)29-7-11(5-24)35-21(29)33/h2*3,8-9,11,16H,4,6-7H2,1-2H3,(H2,25,26,30,31,32)/t8-,9+,11+,16-;8-,9+,11-,16-/m11/s1. The number of morpholine rings is 2. The molecule has 4 N–H and O–H groups in total. The number of nitriles is 2. The van der Waals surface area contributed by atoms with E-state index in [9.17, 15) is 38.4 Å². The molecule has 4 aromatic rings. The topological polar surface area (TPSA) is 334 Å². The zero-order valence-corrected chi connectivity index (χ0v) is 38.1. The van der Waals surface area contributed by atoms with Gasteiger partial charge in [0.25, 0.3) is 0 Å². The number of barbiturate groups is 2. The molecule has 28 heteroatoms. The van der Waals surface area contributed by atoms with Crippen molar-refractivity contribution in [2.75, 3.05) is 45.8 Å². The van der Waals surface area contributed by atoms with E-state index in [1.807, 2.05) is 12.1 Å². The molecule has 10 amide bonds. The molecule has 0 saturated carbocycles. The summed E-state index contributed by atoms with van der Waals surface area (Å²) in [6, 6.07) is 2.96. The number of amides is 10. The first kappa shape index (κ1) is 45.9. The smallest absolute Gasteiger partial charge is 0.417 e. The number of rotatable bonds is 2. The van der Waals surface area contributed by atoms with Crippen LogP contribution in [0.1, 0.15) is 38.8 Å². The minimum atomic E-state index is -1.80. The summed E-state index contributed by atoms with van der Waals surface area (Å²) in [5.74, 6) is -4.91. The number of carbonyl (C=O) groups excluding carboxylic acids is 8. The van der Waals surface area contributed by atoms with Gasteiger partial charge >= 0.3 is 24.2 Å². The molecule has 0 radical (unpaired) electrons. The van der Waals surface area contributed by atoms with E-state index in [1.165, 1.54) is 12.1 Å². The summed E-state index contributed by atoms with van der Waals surface area (Å²) in [7, 11) is 0. The summed E-state index contributed by atoms with van der Waals surface area (Å²) in [5, 5.41) is 34.8. The van der Waals surface area contributed by atoms with Gasteiger partial charge in [-0.05, 0) is 51.0 Å². The number of urea groups is 2. The highest BCUT2D eigenvalue weighted by molar-refractivity contribution is 6.22. The number of cyclic esters (lactones) is 2. The first-order valence-corrected chi connectivity index (χ1v) is 22.5. The van der Waals surface area contributed by atoms with E-state index in [4.69, 9.17) is 38.5 Å². The third-order valence-electron chi connectivity index (χ3n) is 14.3. The molecule has 8 aliphatic rings. The van der Waals surface area contributed by atoms with Gasteiger partial charge in [0, 0.05) is 25.9 Å². The van der Waals surface area contributed by atoms with E-state index in [-0.39, 0.29) is 107 Å². The van der Waals surface area contributed by atoms with Crippen molar-refractivity contribution in [2.24, 2.45) is 10.8 Å². The number of carbonyl (C=O) groups is 8. The van der Waals surface area contributed by atoms with Crippen molar-refractivity contribution in [3.05, 3.63) is 34.9 Å². The number of imide groups is 4. The van der Waals surface area contributed by atoms with Crippen LogP contribution in [0, 0.1) is 45.1 Å². The molecular formula is C44H38F2N12O14. The van der Waals surface area contributed by atoms with Crippen LogP contribution in [0.2, 0.25) is 0 Å². The average molecular weight is 997 g/mol. The monoisotopic (exact) mass is 996 g/mol. The van der Waals surface area contributed by atoms with Gasteiger partial charge in [-0.25, -0.2) is 28.0 Å². The number of aromatic nitrogens is 2. The van der Waals surface area contributed by atoms with Gasteiger partial charge in [-0.3, -0.25) is 50.2 Å². The normalized spacial score (nSPS) is 28.9. The molecule has 2 aromatic heterocycles. The van der Waals surface area contributed by atoms with Crippen molar-refractivity contribution in [3.8, 4) is 12.1 Å². The highest BCUT2D eigenvalue weighted by Gasteiger charge is 2.65. The van der Waals surface area contributed by atoms with Crippen molar-refractivity contribution in [2.45, 2.75) is 89.2 Å². The second-order valence-electron chi connectivity index (χ2n) is 18.7. The lowest BCUT2D eigenvalue weighted by atomic mass is 9.66. The maximum absolute atomic E-state index is 16.1. The van der Waals surface area contributed by atoms with E-state index in [1.54, 1.807) is 37.5 Å². The van der Waals surface area contributed by atoms with Gasteiger partial charge in [0.15, 0.2) is 34.1 Å². The molecule has 2 aromatic carbocycles. The molecule has 6 fully saturated rings. The Kier molecular flexibility index (Phi) is 10.2. The first-order valence-electron chi connectivity index (χ1n) is 22.5. The molecular weight excluding hydrogens is 959 g/mol. The van der Waals surface area contributed by atoms with Crippen molar-refractivity contribution in [1.29, 1.82) is 10.5 Å². The summed E-state index contributed by atoms with van der Waals surface area (Å²) >= 11 is 0. The van der Waals surface area contributed by atoms with Crippen LogP contribution in [0.25, 0.3) is 21.9 Å². The van der Waals surface area contributed by atoms with E-state index in [0.29, 0.717) is 0 Å². The first-order chi connectivity index (χ1) is 34.3. The minimum absolute atomic E-state index is 0.0536. The zero-order valence-electron chi connectivity index (χ0n) is 38.1. The Morgan fingerprint density at radius 1 is 0.597 bits per heavy atom. The van der Waals surface area contributed by atoms with E-state index in [0.717, 1.165) is 9.80 Å². The number of anilines is 4. The lowest BCUT2D eigenvalue weighted by molar-refractivity contribution is -0.154. The third kappa shape index (κ3) is 6.40. The lowest BCUT2D eigenvalue weighted by Crippen LogP contribution is -2.75. The molecule has 72 heavy (non-hydrogen) atoms. The number of nitrogens with zero attached hydrogens (tertiary/aromatic N) is 8. The summed E-state index contributed by atoms with van der Waals surface area (Å²) in [5.41, 5.74) is -3.24. The van der Waals surface area contributed by atoms with Crippen LogP contribution < -0.4 is 40.9 Å². The number of hydrogen-bond donors (Lipinski definition) is 4. The SMILES string of the molecule is C[C@@H]1CN2c3c(cc4c(N5C[C@@H](C#N)OC5=O)noc4c3F)CC3(C(=O)NC(=O)NC3=O)[C@H]2[C@H](C)O1.C[C@@H]1CN2c3c(cc4c(N5C[C@H](C#N)OC5=O)noc4c3F)CC3(C(=O)NC(=O)NC3=O)[C@H]2[C@H](C)O1. The Labute approximate surface area is 402 Å². The Balaban J connectivity index is 0.000000156. The number of benzene rings is 2. The fourth-order valence-electron chi connectivity index (χ4n) is 11.7. The summed E-state index contributed by atoms with van der Waals surface area (Å²) < 4.78 is 64.5. The van der Waals surface area contributed by atoms with Crippen LogP contribution in [-0.4, -0.2) is 133 Å². The van der Waals surface area contributed by atoms with Gasteiger partial charge in [-0.1, -0.05) is 10.3 Å². The van der Waals surface area contributed by atoms with Gasteiger partial charge < -0.3 is 37.8 Å². The molecule has 10 heterocycles. The number of halogens is 2. The Morgan fingerprint density at radius 3 is 1.29 bits per heavy atom. The van der Waals surface area contributed by atoms with Crippen molar-refractivity contribution in [1.82, 2.24) is 31.6 Å². The van der Waals surface area contributed by atoms with E-state index >= 15 is 8.78 Å². The molecule has 12 rings (SSSR count). The molecule has 8 atom stereocenters. The van der Waals surface area contributed by atoms with E-state index in [2.05, 4.69) is 31.6 Å². The highest BCUT2D eigenvalue weighted by Crippen LogP contribution is 2.52. The van der Waals surface area contributed by atoms with Gasteiger partial charge in [0.1, 0.15) is 12.1 Å². The van der Waals surface area contributed by atoms with Crippen LogP contribution >= 0.6 is 0 Å². The highest BCUT2D eigenvalue weighted by atomic mass is 19.1. The second-order valence-corrected chi connectivity index (χ2v) is 18.7. The maximum Gasteiger partial charge on any atom is 0.417 e. The fourth-order valence-corrected chi connectivity index (χ4v) is 11.7. The molecule has 372 valence electrons. The largest absolute Gasteiger partial charge is 0.428 e. The quantitative estimate of drug-likeness (QED) is 0.206. The third-order valence-corrected chi connectivity index (χ3v) is 14.3. The molecule has 2 spiro atoms. The number of hydrogen-bond acceptors (Lipinski definition) is 20. The number of ether oxygens (including phenoxy) is 4. The summed E-state index contributed by atoms with van der Waals surface area (Å²) in [4.78, 5) is 107. The zero-order chi connectivity index (χ0) is 51.0. The maximum atomic E-state index is 16.1. The molecule has 6 saturated heterocycles. The van der Waals surface area contributed by atoms with Gasteiger partial charge in [-0.15, -0.1) is 0 Å². The van der Waals surface area contributed by atoms with Crippen LogP contribution in [0.15, 0.2) is 21.2 Å². The predicted octanol–water partition coefficient (Wildman–Crippen LogP) is 1.41.